The second-order valence-electron chi connectivity index (χ2n) is 6.08. The number of fused-ring (bicyclic) bond motifs is 3. The van der Waals surface area contributed by atoms with Gasteiger partial charge in [0.05, 0.1) is 5.30 Å². The SMILES string of the molecule is CCC(C)(C)c1ccc2c(c1)-c1ccccc1P(=O)(O)O2. The highest BCUT2D eigenvalue weighted by atomic mass is 31.2. The van der Waals surface area contributed by atoms with E-state index in [9.17, 15) is 9.46 Å². The van der Waals surface area contributed by atoms with Gasteiger partial charge in [-0.15, -0.1) is 0 Å². The van der Waals surface area contributed by atoms with E-state index in [0.29, 0.717) is 11.1 Å². The molecule has 1 unspecified atom stereocenters. The zero-order valence-electron chi connectivity index (χ0n) is 12.5. The summed E-state index contributed by atoms with van der Waals surface area (Å²) in [5.74, 6) is 0.482. The quantitative estimate of drug-likeness (QED) is 0.844. The fourth-order valence-corrected chi connectivity index (χ4v) is 3.87. The van der Waals surface area contributed by atoms with Crippen molar-refractivity contribution in [3.63, 3.8) is 0 Å². The van der Waals surface area contributed by atoms with Crippen LogP contribution in [0.4, 0.5) is 0 Å². The van der Waals surface area contributed by atoms with Crippen molar-refractivity contribution in [3.8, 4) is 16.9 Å². The number of rotatable bonds is 2. The summed E-state index contributed by atoms with van der Waals surface area (Å²) in [4.78, 5) is 10.1. The highest BCUT2D eigenvalue weighted by molar-refractivity contribution is 7.62. The monoisotopic (exact) mass is 302 g/mol. The van der Waals surface area contributed by atoms with Gasteiger partial charge < -0.3 is 9.42 Å². The molecule has 0 aliphatic carbocycles. The van der Waals surface area contributed by atoms with E-state index >= 15 is 0 Å². The molecule has 0 radical (unpaired) electrons. The van der Waals surface area contributed by atoms with Crippen LogP contribution < -0.4 is 9.83 Å². The topological polar surface area (TPSA) is 46.5 Å². The Morgan fingerprint density at radius 1 is 1.14 bits per heavy atom. The first-order valence-corrected chi connectivity index (χ1v) is 8.70. The summed E-state index contributed by atoms with van der Waals surface area (Å²) in [6.45, 7) is 6.55. The molecule has 0 saturated heterocycles. The third-order valence-corrected chi connectivity index (χ3v) is 5.81. The molecule has 0 amide bonds. The van der Waals surface area contributed by atoms with Crippen molar-refractivity contribution in [1.29, 1.82) is 0 Å². The lowest BCUT2D eigenvalue weighted by Gasteiger charge is -2.28. The summed E-state index contributed by atoms with van der Waals surface area (Å²) in [6.07, 6.45) is 1.02. The zero-order valence-corrected chi connectivity index (χ0v) is 13.4. The molecule has 1 heterocycles. The molecule has 2 aromatic carbocycles. The van der Waals surface area contributed by atoms with Gasteiger partial charge >= 0.3 is 7.60 Å². The van der Waals surface area contributed by atoms with Gasteiger partial charge in [0, 0.05) is 11.1 Å². The third-order valence-electron chi connectivity index (χ3n) is 4.37. The Kier molecular flexibility index (Phi) is 3.23. The largest absolute Gasteiger partial charge is 0.421 e. The summed E-state index contributed by atoms with van der Waals surface area (Å²) in [5.41, 5.74) is 2.95. The zero-order chi connectivity index (χ0) is 15.3. The van der Waals surface area contributed by atoms with Gasteiger partial charge in [-0.2, -0.15) is 0 Å². The average Bonchev–Trinajstić information content (AvgIpc) is 2.46. The molecule has 1 atom stereocenters. The molecule has 0 fully saturated rings. The Balaban J connectivity index is 2.24. The van der Waals surface area contributed by atoms with Crippen LogP contribution in [0.5, 0.6) is 5.75 Å². The number of hydrogen-bond donors (Lipinski definition) is 1. The van der Waals surface area contributed by atoms with Gasteiger partial charge in [0.15, 0.2) is 0 Å². The molecule has 21 heavy (non-hydrogen) atoms. The minimum Gasteiger partial charge on any atom is -0.421 e. The lowest BCUT2D eigenvalue weighted by Crippen LogP contribution is -2.19. The van der Waals surface area contributed by atoms with Crippen LogP contribution in [0.15, 0.2) is 42.5 Å². The van der Waals surface area contributed by atoms with E-state index in [0.717, 1.165) is 17.5 Å². The first kappa shape index (κ1) is 14.4. The predicted molar refractivity (Wildman–Crippen MR) is 85.3 cm³/mol. The number of benzene rings is 2. The maximum atomic E-state index is 12.3. The van der Waals surface area contributed by atoms with Crippen molar-refractivity contribution >= 4 is 12.9 Å². The summed E-state index contributed by atoms with van der Waals surface area (Å²) in [6, 6.07) is 13.1. The fraction of sp³-hybridized carbons (Fsp3) is 0.294. The molecule has 110 valence electrons. The van der Waals surface area contributed by atoms with E-state index in [1.807, 2.05) is 18.2 Å². The van der Waals surface area contributed by atoms with Crippen LogP contribution in [0.25, 0.3) is 11.1 Å². The highest BCUT2D eigenvalue weighted by Crippen LogP contribution is 2.52. The van der Waals surface area contributed by atoms with Crippen molar-refractivity contribution in [2.45, 2.75) is 32.6 Å². The Morgan fingerprint density at radius 3 is 2.57 bits per heavy atom. The first-order valence-electron chi connectivity index (χ1n) is 7.12. The van der Waals surface area contributed by atoms with Gasteiger partial charge in [-0.05, 0) is 35.6 Å². The molecule has 4 heteroatoms. The Morgan fingerprint density at radius 2 is 1.86 bits per heavy atom. The second kappa shape index (κ2) is 4.72. The van der Waals surface area contributed by atoms with Crippen LogP contribution in [0, 0.1) is 0 Å². The first-order chi connectivity index (χ1) is 9.85. The van der Waals surface area contributed by atoms with Crippen molar-refractivity contribution in [1.82, 2.24) is 0 Å². The third kappa shape index (κ3) is 2.31. The van der Waals surface area contributed by atoms with Gasteiger partial charge in [-0.1, -0.05) is 45.0 Å². The number of hydrogen-bond acceptors (Lipinski definition) is 2. The van der Waals surface area contributed by atoms with E-state index in [4.69, 9.17) is 4.52 Å². The standard InChI is InChI=1S/C17H19O3P/c1-4-17(2,3)12-9-10-15-14(11-12)13-7-5-6-8-16(13)21(18,19)20-15/h5-11H,4H2,1-3H3,(H,18,19). The molecule has 1 N–H and O–H groups in total. The lowest BCUT2D eigenvalue weighted by molar-refractivity contribution is 0.392. The van der Waals surface area contributed by atoms with Crippen molar-refractivity contribution in [3.05, 3.63) is 48.0 Å². The molecule has 3 nitrogen and oxygen atoms in total. The lowest BCUT2D eigenvalue weighted by atomic mass is 9.81. The average molecular weight is 302 g/mol. The predicted octanol–water partition coefficient (Wildman–Crippen LogP) is 4.24. The molecular formula is C17H19O3P. The van der Waals surface area contributed by atoms with E-state index in [2.05, 4.69) is 26.8 Å². The van der Waals surface area contributed by atoms with Crippen molar-refractivity contribution < 1.29 is 14.0 Å². The molecular weight excluding hydrogens is 283 g/mol. The normalized spacial score (nSPS) is 20.4. The molecule has 0 saturated carbocycles. The summed E-state index contributed by atoms with van der Waals surface area (Å²) >= 11 is 0. The fourth-order valence-electron chi connectivity index (χ4n) is 2.58. The molecule has 0 spiro atoms. The Hall–Kier alpha value is -1.57. The summed E-state index contributed by atoms with van der Waals surface area (Å²) in [7, 11) is -3.77. The van der Waals surface area contributed by atoms with Gasteiger partial charge in [0.2, 0.25) is 0 Å². The van der Waals surface area contributed by atoms with Crippen LogP contribution in [-0.4, -0.2) is 4.89 Å². The molecule has 0 aromatic heterocycles. The van der Waals surface area contributed by atoms with Gasteiger partial charge in [-0.25, -0.2) is 4.57 Å². The van der Waals surface area contributed by atoms with Crippen LogP contribution in [0.3, 0.4) is 0 Å². The van der Waals surface area contributed by atoms with Gasteiger partial charge in [0.25, 0.3) is 0 Å². The van der Waals surface area contributed by atoms with Gasteiger partial charge in [-0.3, -0.25) is 0 Å². The minimum atomic E-state index is -3.77. The van der Waals surface area contributed by atoms with Crippen LogP contribution in [-0.2, 0) is 9.98 Å². The molecule has 2 aromatic rings. The van der Waals surface area contributed by atoms with Gasteiger partial charge in [0.1, 0.15) is 5.75 Å². The Bertz CT molecular complexity index is 749. The maximum absolute atomic E-state index is 12.3. The molecule has 1 aliphatic rings. The van der Waals surface area contributed by atoms with Crippen molar-refractivity contribution in [2.24, 2.45) is 0 Å². The van der Waals surface area contributed by atoms with Crippen LogP contribution >= 0.6 is 7.60 Å². The van der Waals surface area contributed by atoms with E-state index < -0.39 is 7.60 Å². The second-order valence-corrected chi connectivity index (χ2v) is 7.78. The van der Waals surface area contributed by atoms with E-state index in [1.54, 1.807) is 18.2 Å². The van der Waals surface area contributed by atoms with Crippen molar-refractivity contribution in [2.75, 3.05) is 0 Å². The Labute approximate surface area is 125 Å². The molecule has 3 rings (SSSR count). The van der Waals surface area contributed by atoms with E-state index in [-0.39, 0.29) is 5.41 Å². The van der Waals surface area contributed by atoms with E-state index in [1.165, 1.54) is 5.56 Å². The highest BCUT2D eigenvalue weighted by Gasteiger charge is 2.34. The summed E-state index contributed by atoms with van der Waals surface area (Å²) in [5, 5.41) is 0.379. The maximum Gasteiger partial charge on any atom is 0.408 e. The smallest absolute Gasteiger partial charge is 0.408 e. The summed E-state index contributed by atoms with van der Waals surface area (Å²) < 4.78 is 17.6. The molecule has 0 bridgehead atoms. The van der Waals surface area contributed by atoms with Crippen LogP contribution in [0.2, 0.25) is 0 Å². The molecule has 1 aliphatic heterocycles. The van der Waals surface area contributed by atoms with Crippen LogP contribution in [0.1, 0.15) is 32.8 Å². The minimum absolute atomic E-state index is 0.0599.